The van der Waals surface area contributed by atoms with Crippen molar-refractivity contribution in [2.24, 2.45) is 5.10 Å². The smallest absolute Gasteiger partial charge is 0.154 e. The maximum atomic E-state index is 6.81. The van der Waals surface area contributed by atoms with E-state index in [4.69, 9.17) is 16.9 Å². The van der Waals surface area contributed by atoms with Gasteiger partial charge in [0.2, 0.25) is 0 Å². The van der Waals surface area contributed by atoms with Gasteiger partial charge in [-0.3, -0.25) is 4.67 Å². The summed E-state index contributed by atoms with van der Waals surface area (Å²) in [5.74, 6) is 0. The lowest BCUT2D eigenvalue weighted by Crippen LogP contribution is -2.40. The first kappa shape index (κ1) is 21.9. The van der Waals surface area contributed by atoms with Crippen LogP contribution >= 0.6 is 6.34 Å². The van der Waals surface area contributed by atoms with E-state index in [0.717, 1.165) is 18.7 Å². The van der Waals surface area contributed by atoms with Crippen LogP contribution in [0.15, 0.2) is 70.7 Å². The molecule has 4 nitrogen and oxygen atoms in total. The molecule has 0 aliphatic carbocycles. The van der Waals surface area contributed by atoms with Crippen molar-refractivity contribution in [1.82, 2.24) is 4.67 Å². The molecule has 3 heterocycles. The molecule has 2 aromatic rings. The van der Waals surface area contributed by atoms with Gasteiger partial charge in [-0.1, -0.05) is 75.4 Å². The van der Waals surface area contributed by atoms with Gasteiger partial charge < -0.3 is 4.90 Å². The molecule has 0 N–H and O–H groups in total. The van der Waals surface area contributed by atoms with Gasteiger partial charge in [0.15, 0.2) is 6.34 Å². The minimum absolute atomic E-state index is 0.124. The van der Waals surface area contributed by atoms with Crippen molar-refractivity contribution in [2.45, 2.75) is 57.9 Å². The van der Waals surface area contributed by atoms with Gasteiger partial charge in [0.25, 0.3) is 0 Å². The Bertz CT molecular complexity index is 1120. The number of fused-ring (bicyclic) bond motifs is 1. The van der Waals surface area contributed by atoms with Crippen LogP contribution < -0.4 is 9.68 Å². The number of rotatable bonds is 3. The number of hydrazone groups is 1. The van der Waals surface area contributed by atoms with Crippen LogP contribution in [0.25, 0.3) is 0 Å². The molecule has 5 rings (SSSR count). The molecule has 2 atom stereocenters. The summed E-state index contributed by atoms with van der Waals surface area (Å²) in [6, 6.07) is 19.8. The van der Waals surface area contributed by atoms with Crippen LogP contribution in [0.3, 0.4) is 0 Å². The van der Waals surface area contributed by atoms with Crippen molar-refractivity contribution >= 4 is 35.7 Å². The predicted molar refractivity (Wildman–Crippen MR) is 141 cm³/mol. The SMILES string of the molecule is CC[C@H]1CCCCN1[P@]1(=S)/C(=C2/N(C)c3ccccc3C2(C)C)C=NN1c1ccccc1. The number of hydrogen-bond acceptors (Lipinski definition) is 3. The molecule has 0 radical (unpaired) electrons. The summed E-state index contributed by atoms with van der Waals surface area (Å²) in [7, 11) is 2.20. The lowest BCUT2D eigenvalue weighted by Gasteiger charge is -2.46. The lowest BCUT2D eigenvalue weighted by molar-refractivity contribution is 0.258. The highest BCUT2D eigenvalue weighted by Crippen LogP contribution is 2.69. The van der Waals surface area contributed by atoms with E-state index in [0.29, 0.717) is 6.04 Å². The van der Waals surface area contributed by atoms with E-state index >= 15 is 0 Å². The van der Waals surface area contributed by atoms with E-state index in [1.54, 1.807) is 0 Å². The van der Waals surface area contributed by atoms with Crippen molar-refractivity contribution in [1.29, 1.82) is 0 Å². The maximum absolute atomic E-state index is 6.81. The Morgan fingerprint density at radius 1 is 1.06 bits per heavy atom. The Morgan fingerprint density at radius 2 is 1.78 bits per heavy atom. The third-order valence-electron chi connectivity index (χ3n) is 7.37. The first-order chi connectivity index (χ1) is 15.4. The minimum atomic E-state index is -2.34. The number of nitrogens with zero attached hydrogens (tertiary/aromatic N) is 4. The lowest BCUT2D eigenvalue weighted by atomic mass is 9.84. The Morgan fingerprint density at radius 3 is 2.50 bits per heavy atom. The topological polar surface area (TPSA) is 22.1 Å². The van der Waals surface area contributed by atoms with Gasteiger partial charge in [-0.15, -0.1) is 0 Å². The van der Waals surface area contributed by atoms with E-state index in [9.17, 15) is 0 Å². The van der Waals surface area contributed by atoms with E-state index in [1.807, 2.05) is 0 Å². The molecule has 0 bridgehead atoms. The van der Waals surface area contributed by atoms with E-state index in [1.165, 1.54) is 41.5 Å². The predicted octanol–water partition coefficient (Wildman–Crippen LogP) is 6.71. The van der Waals surface area contributed by atoms with Gasteiger partial charge >= 0.3 is 0 Å². The fraction of sp³-hybridized carbons (Fsp3) is 0.423. The quantitative estimate of drug-likeness (QED) is 0.471. The number of para-hydroxylation sites is 2. The summed E-state index contributed by atoms with van der Waals surface area (Å²) in [4.78, 5) is 2.37. The third kappa shape index (κ3) is 3.13. The summed E-state index contributed by atoms with van der Waals surface area (Å²) in [5, 5.41) is 6.27. The van der Waals surface area contributed by atoms with Crippen LogP contribution in [-0.2, 0) is 17.2 Å². The Balaban J connectivity index is 1.74. The Hall–Kier alpha value is -1.94. The van der Waals surface area contributed by atoms with Crippen LogP contribution in [0.4, 0.5) is 11.4 Å². The van der Waals surface area contributed by atoms with Crippen molar-refractivity contribution in [3.05, 3.63) is 71.2 Å². The molecule has 0 saturated carbocycles. The summed E-state index contributed by atoms with van der Waals surface area (Å²) in [5.41, 5.74) is 4.92. The van der Waals surface area contributed by atoms with Crippen LogP contribution in [0.2, 0.25) is 0 Å². The third-order valence-corrected chi connectivity index (χ3v) is 12.1. The van der Waals surface area contributed by atoms with Crippen molar-refractivity contribution in [2.75, 3.05) is 23.3 Å². The zero-order valence-corrected chi connectivity index (χ0v) is 21.2. The van der Waals surface area contributed by atoms with Gasteiger partial charge in [-0.05, 0) is 43.0 Å². The molecule has 32 heavy (non-hydrogen) atoms. The highest BCUT2D eigenvalue weighted by Gasteiger charge is 2.49. The fourth-order valence-electron chi connectivity index (χ4n) is 5.80. The normalized spacial score (nSPS) is 29.6. The Kier molecular flexibility index (Phi) is 5.56. The van der Waals surface area contributed by atoms with Crippen LogP contribution in [0.5, 0.6) is 0 Å². The number of likely N-dealkylation sites (N-methyl/N-ethyl adjacent to an activating group) is 1. The van der Waals surface area contributed by atoms with Gasteiger partial charge in [0, 0.05) is 36.4 Å². The van der Waals surface area contributed by atoms with Gasteiger partial charge in [0.05, 0.1) is 17.2 Å². The summed E-state index contributed by atoms with van der Waals surface area (Å²) in [6.45, 7) is 8.03. The number of hydrogen-bond donors (Lipinski definition) is 0. The second-order valence-corrected chi connectivity index (χ2v) is 13.6. The molecule has 0 unspecified atom stereocenters. The van der Waals surface area contributed by atoms with Crippen molar-refractivity contribution < 1.29 is 0 Å². The number of allylic oxidation sites excluding steroid dienone is 2. The van der Waals surface area contributed by atoms with E-state index in [2.05, 4.69) is 103 Å². The fourth-order valence-corrected chi connectivity index (χ4v) is 10.6. The molecule has 1 fully saturated rings. The monoisotopic (exact) mass is 464 g/mol. The molecular weight excluding hydrogens is 431 g/mol. The zero-order chi connectivity index (χ0) is 22.5. The minimum Gasteiger partial charge on any atom is -0.346 e. The number of anilines is 2. The molecular formula is C26H33N4PS. The molecule has 2 aromatic carbocycles. The highest BCUT2D eigenvalue weighted by molar-refractivity contribution is 8.16. The second kappa shape index (κ2) is 8.13. The van der Waals surface area contributed by atoms with Gasteiger partial charge in [-0.25, -0.2) is 4.78 Å². The van der Waals surface area contributed by atoms with Crippen LogP contribution in [0, 0.1) is 0 Å². The first-order valence-electron chi connectivity index (χ1n) is 11.8. The summed E-state index contributed by atoms with van der Waals surface area (Å²) in [6.07, 6.45) is 4.60. The van der Waals surface area contributed by atoms with Crippen molar-refractivity contribution in [3.63, 3.8) is 0 Å². The standard InChI is InChI=1S/C26H33N4PS/c1-5-20-13-11-12-18-29(20)31(32)24(19-27-30(31)21-14-7-6-8-15-21)25-26(2,3)22-16-9-10-17-23(22)28(25)4/h6-10,14-17,19-20H,5,11-13,18H2,1-4H3/b25-24+/t20-,31+/m0/s1. The Labute approximate surface area is 197 Å². The highest BCUT2D eigenvalue weighted by atomic mass is 32.4. The van der Waals surface area contributed by atoms with Gasteiger partial charge in [0.1, 0.15) is 0 Å². The van der Waals surface area contributed by atoms with E-state index in [-0.39, 0.29) is 5.41 Å². The van der Waals surface area contributed by atoms with Crippen LogP contribution in [0.1, 0.15) is 52.0 Å². The first-order valence-corrected chi connectivity index (χ1v) is 14.5. The molecule has 0 amide bonds. The van der Waals surface area contributed by atoms with Crippen LogP contribution in [-0.4, -0.2) is 30.5 Å². The molecule has 0 spiro atoms. The number of benzene rings is 2. The summed E-state index contributed by atoms with van der Waals surface area (Å²) < 4.78 is 4.87. The van der Waals surface area contributed by atoms with Crippen molar-refractivity contribution in [3.8, 4) is 0 Å². The molecule has 3 aliphatic rings. The molecule has 3 aliphatic heterocycles. The number of piperidine rings is 1. The van der Waals surface area contributed by atoms with Gasteiger partial charge in [-0.2, -0.15) is 5.10 Å². The maximum Gasteiger partial charge on any atom is 0.154 e. The largest absolute Gasteiger partial charge is 0.346 e. The molecule has 0 aromatic heterocycles. The average molecular weight is 465 g/mol. The second-order valence-electron chi connectivity index (χ2n) is 9.57. The van der Waals surface area contributed by atoms with E-state index < -0.39 is 6.34 Å². The molecule has 1 saturated heterocycles. The average Bonchev–Trinajstić information content (AvgIpc) is 3.26. The molecule has 168 valence electrons. The zero-order valence-electron chi connectivity index (χ0n) is 19.5. The molecule has 6 heteroatoms. The summed E-state index contributed by atoms with van der Waals surface area (Å²) >= 11 is 6.81.